The van der Waals surface area contributed by atoms with Gasteiger partial charge in [0.05, 0.1) is 6.20 Å². The van der Waals surface area contributed by atoms with Crippen LogP contribution in [0, 0.1) is 11.8 Å². The average molecular weight is 334 g/mol. The van der Waals surface area contributed by atoms with E-state index in [0.717, 1.165) is 45.4 Å². The first-order valence-electron chi connectivity index (χ1n) is 9.80. The molecule has 1 fully saturated rings. The molecular weight excluding hydrogens is 298 g/mol. The van der Waals surface area contributed by atoms with E-state index in [1.54, 1.807) is 0 Å². The van der Waals surface area contributed by atoms with Gasteiger partial charge in [0.25, 0.3) is 0 Å². The lowest BCUT2D eigenvalue weighted by Gasteiger charge is -2.32. The molecule has 0 amide bonds. The zero-order valence-corrected chi connectivity index (χ0v) is 16.0. The Hall–Kier alpha value is -1.16. The van der Waals surface area contributed by atoms with E-state index in [2.05, 4.69) is 48.6 Å². The number of Topliss-reactive ketones (excluding diaryl/α,β-unsaturated/α-hetero) is 1. The van der Waals surface area contributed by atoms with E-state index in [1.807, 2.05) is 6.20 Å². The minimum Gasteiger partial charge on any atom is -0.303 e. The smallest absolute Gasteiger partial charge is 0.137 e. The Bertz CT molecular complexity index is 505. The summed E-state index contributed by atoms with van der Waals surface area (Å²) in [6.07, 6.45) is 9.39. The third-order valence-corrected chi connectivity index (χ3v) is 5.48. The van der Waals surface area contributed by atoms with Gasteiger partial charge in [0.2, 0.25) is 0 Å². The first-order valence-corrected chi connectivity index (χ1v) is 9.80. The first kappa shape index (κ1) is 19.2. The van der Waals surface area contributed by atoms with Crippen LogP contribution in [0.25, 0.3) is 0 Å². The molecule has 1 unspecified atom stereocenters. The van der Waals surface area contributed by atoms with Crippen molar-refractivity contribution < 1.29 is 4.79 Å². The van der Waals surface area contributed by atoms with Gasteiger partial charge in [-0.15, -0.1) is 0 Å². The van der Waals surface area contributed by atoms with Gasteiger partial charge >= 0.3 is 0 Å². The molecule has 4 heteroatoms. The monoisotopic (exact) mass is 333 g/mol. The highest BCUT2D eigenvalue weighted by atomic mass is 16.1. The molecule has 1 aliphatic heterocycles. The summed E-state index contributed by atoms with van der Waals surface area (Å²) < 4.78 is 2.11. The summed E-state index contributed by atoms with van der Waals surface area (Å²) in [6, 6.07) is 0. The quantitative estimate of drug-likeness (QED) is 0.682. The third-order valence-electron chi connectivity index (χ3n) is 5.48. The molecule has 1 aromatic heterocycles. The number of rotatable bonds is 9. The van der Waals surface area contributed by atoms with Crippen molar-refractivity contribution in [2.45, 2.75) is 72.3 Å². The van der Waals surface area contributed by atoms with Gasteiger partial charge in [0.1, 0.15) is 5.78 Å². The topological polar surface area (TPSA) is 38.1 Å². The Morgan fingerprint density at radius 2 is 2.08 bits per heavy atom. The second kappa shape index (κ2) is 9.36. The van der Waals surface area contributed by atoms with E-state index in [-0.39, 0.29) is 5.92 Å². The molecule has 0 spiro atoms. The molecule has 0 saturated carbocycles. The van der Waals surface area contributed by atoms with Crippen molar-refractivity contribution in [1.82, 2.24) is 14.7 Å². The predicted octanol–water partition coefficient (Wildman–Crippen LogP) is 4.11. The molecule has 0 bridgehead atoms. The lowest BCUT2D eigenvalue weighted by atomic mass is 9.94. The number of aromatic nitrogens is 2. The van der Waals surface area contributed by atoms with E-state index < -0.39 is 0 Å². The molecule has 1 saturated heterocycles. The van der Waals surface area contributed by atoms with E-state index in [9.17, 15) is 4.79 Å². The molecule has 4 nitrogen and oxygen atoms in total. The third kappa shape index (κ3) is 5.44. The summed E-state index contributed by atoms with van der Waals surface area (Å²) >= 11 is 0. The number of hydrogen-bond acceptors (Lipinski definition) is 3. The highest BCUT2D eigenvalue weighted by molar-refractivity contribution is 5.81. The first-order chi connectivity index (χ1) is 11.5. The Labute approximate surface area is 147 Å². The van der Waals surface area contributed by atoms with Crippen LogP contribution >= 0.6 is 0 Å². The second-order valence-electron chi connectivity index (χ2n) is 7.69. The fourth-order valence-corrected chi connectivity index (χ4v) is 3.76. The fourth-order valence-electron chi connectivity index (χ4n) is 3.76. The number of likely N-dealkylation sites (tertiary alicyclic amines) is 1. The molecule has 1 aliphatic rings. The molecule has 24 heavy (non-hydrogen) atoms. The molecule has 0 aromatic carbocycles. The van der Waals surface area contributed by atoms with E-state index in [1.165, 1.54) is 18.4 Å². The van der Waals surface area contributed by atoms with E-state index in [4.69, 9.17) is 0 Å². The summed E-state index contributed by atoms with van der Waals surface area (Å²) in [5, 5.41) is 4.52. The highest BCUT2D eigenvalue weighted by Crippen LogP contribution is 2.20. The summed E-state index contributed by atoms with van der Waals surface area (Å²) in [7, 11) is 0. The van der Waals surface area contributed by atoms with Gasteiger partial charge in [-0.2, -0.15) is 5.10 Å². The van der Waals surface area contributed by atoms with E-state index in [0.29, 0.717) is 17.6 Å². The van der Waals surface area contributed by atoms with Crippen LogP contribution in [0.3, 0.4) is 0 Å². The number of piperidine rings is 1. The number of hydrogen-bond donors (Lipinski definition) is 0. The van der Waals surface area contributed by atoms with Gasteiger partial charge in [-0.25, -0.2) is 0 Å². The van der Waals surface area contributed by atoms with Crippen LogP contribution in [-0.4, -0.2) is 40.1 Å². The summed E-state index contributed by atoms with van der Waals surface area (Å²) in [6.45, 7) is 12.8. The van der Waals surface area contributed by atoms with Gasteiger partial charge in [0.15, 0.2) is 0 Å². The van der Waals surface area contributed by atoms with Crippen LogP contribution < -0.4 is 0 Å². The van der Waals surface area contributed by atoms with Crippen LogP contribution in [0.5, 0.6) is 0 Å². The zero-order chi connectivity index (χ0) is 17.5. The van der Waals surface area contributed by atoms with E-state index >= 15 is 0 Å². The summed E-state index contributed by atoms with van der Waals surface area (Å²) in [5.41, 5.74) is 1.32. The Morgan fingerprint density at radius 1 is 1.33 bits per heavy atom. The van der Waals surface area contributed by atoms with Crippen molar-refractivity contribution >= 4 is 5.78 Å². The average Bonchev–Trinajstić information content (AvgIpc) is 3.03. The molecule has 2 rings (SSSR count). The van der Waals surface area contributed by atoms with Gasteiger partial charge in [-0.3, -0.25) is 9.48 Å². The lowest BCUT2D eigenvalue weighted by Crippen LogP contribution is -2.38. The van der Waals surface area contributed by atoms with Crippen LogP contribution in [0.1, 0.15) is 71.3 Å². The standard InChI is InChI=1S/C20H35N3O/c1-5-18(6-2)20(24)9-11-22-10-7-8-17(13-22)14-23-15-19(12-21-23)16(3)4/h12,15-18H,5-11,13-14H2,1-4H3. The lowest BCUT2D eigenvalue weighted by molar-refractivity contribution is -0.123. The zero-order valence-electron chi connectivity index (χ0n) is 16.0. The van der Waals surface area contributed by atoms with Crippen molar-refractivity contribution in [3.05, 3.63) is 18.0 Å². The SMILES string of the molecule is CCC(CC)C(=O)CCN1CCCC(Cn2cc(C(C)C)cn2)C1. The minimum absolute atomic E-state index is 0.268. The Morgan fingerprint density at radius 3 is 2.71 bits per heavy atom. The van der Waals surface area contributed by atoms with Crippen molar-refractivity contribution in [3.8, 4) is 0 Å². The molecule has 2 heterocycles. The molecular formula is C20H35N3O. The highest BCUT2D eigenvalue weighted by Gasteiger charge is 2.22. The van der Waals surface area contributed by atoms with Gasteiger partial charge < -0.3 is 4.90 Å². The Balaban J connectivity index is 1.79. The Kier molecular flexibility index (Phi) is 7.47. The van der Waals surface area contributed by atoms with Gasteiger partial charge in [-0.1, -0.05) is 27.7 Å². The van der Waals surface area contributed by atoms with Gasteiger partial charge in [0, 0.05) is 38.2 Å². The maximum Gasteiger partial charge on any atom is 0.137 e. The number of nitrogens with zero attached hydrogens (tertiary/aromatic N) is 3. The van der Waals surface area contributed by atoms with Crippen LogP contribution in [0.15, 0.2) is 12.4 Å². The predicted molar refractivity (Wildman–Crippen MR) is 99.2 cm³/mol. The van der Waals surface area contributed by atoms with Crippen molar-refractivity contribution in [1.29, 1.82) is 0 Å². The van der Waals surface area contributed by atoms with Crippen LogP contribution in [0.4, 0.5) is 0 Å². The molecule has 1 atom stereocenters. The molecule has 0 radical (unpaired) electrons. The van der Waals surface area contributed by atoms with Crippen molar-refractivity contribution in [2.24, 2.45) is 11.8 Å². The largest absolute Gasteiger partial charge is 0.303 e. The molecule has 0 N–H and O–H groups in total. The maximum absolute atomic E-state index is 12.2. The van der Waals surface area contributed by atoms with Crippen molar-refractivity contribution in [2.75, 3.05) is 19.6 Å². The fraction of sp³-hybridized carbons (Fsp3) is 0.800. The summed E-state index contributed by atoms with van der Waals surface area (Å²) in [5.74, 6) is 1.92. The van der Waals surface area contributed by atoms with Crippen LogP contribution in [0.2, 0.25) is 0 Å². The normalized spacial score (nSPS) is 19.3. The molecule has 0 aliphatic carbocycles. The second-order valence-corrected chi connectivity index (χ2v) is 7.69. The number of carbonyl (C=O) groups excluding carboxylic acids is 1. The summed E-state index contributed by atoms with van der Waals surface area (Å²) in [4.78, 5) is 14.7. The molecule has 1 aromatic rings. The van der Waals surface area contributed by atoms with Crippen LogP contribution in [-0.2, 0) is 11.3 Å². The number of carbonyl (C=O) groups is 1. The molecule has 136 valence electrons. The number of ketones is 1. The minimum atomic E-state index is 0.268. The van der Waals surface area contributed by atoms with Gasteiger partial charge in [-0.05, 0) is 49.6 Å². The maximum atomic E-state index is 12.2. The van der Waals surface area contributed by atoms with Crippen molar-refractivity contribution in [3.63, 3.8) is 0 Å².